The van der Waals surface area contributed by atoms with Crippen molar-refractivity contribution in [3.8, 4) is 0 Å². The molecule has 0 aromatic heterocycles. The van der Waals surface area contributed by atoms with Crippen LogP contribution < -0.4 is 0 Å². The van der Waals surface area contributed by atoms with Gasteiger partial charge in [0.15, 0.2) is 5.78 Å². The molecule has 0 heterocycles. The van der Waals surface area contributed by atoms with Gasteiger partial charge in [0.1, 0.15) is 5.78 Å². The third-order valence-electron chi connectivity index (χ3n) is 6.76. The SMILES string of the molecule is CC1=C2C[C@]3(C)C(=O)C[C@@H](C(C)C)[C@H]3C/C=C(/C)[C@@H]2CC1=O. The van der Waals surface area contributed by atoms with Crippen molar-refractivity contribution in [1.29, 1.82) is 0 Å². The zero-order valence-corrected chi connectivity index (χ0v) is 14.5. The van der Waals surface area contributed by atoms with Gasteiger partial charge in [0, 0.05) is 24.2 Å². The van der Waals surface area contributed by atoms with Gasteiger partial charge in [-0.3, -0.25) is 9.59 Å². The van der Waals surface area contributed by atoms with Crippen molar-refractivity contribution in [1.82, 2.24) is 0 Å². The summed E-state index contributed by atoms with van der Waals surface area (Å²) < 4.78 is 0. The number of hydrogen-bond donors (Lipinski definition) is 0. The van der Waals surface area contributed by atoms with E-state index >= 15 is 0 Å². The number of hydrogen-bond acceptors (Lipinski definition) is 2. The monoisotopic (exact) mass is 300 g/mol. The van der Waals surface area contributed by atoms with E-state index in [4.69, 9.17) is 0 Å². The lowest BCUT2D eigenvalue weighted by molar-refractivity contribution is -0.126. The first-order valence-electron chi connectivity index (χ1n) is 8.68. The van der Waals surface area contributed by atoms with Crippen LogP contribution in [0.15, 0.2) is 22.8 Å². The molecule has 22 heavy (non-hydrogen) atoms. The Bertz CT molecular complexity index is 593. The largest absolute Gasteiger partial charge is 0.299 e. The molecule has 0 aromatic rings. The predicted molar refractivity (Wildman–Crippen MR) is 88.4 cm³/mol. The van der Waals surface area contributed by atoms with Gasteiger partial charge in [0.2, 0.25) is 0 Å². The van der Waals surface area contributed by atoms with E-state index in [0.717, 1.165) is 24.8 Å². The van der Waals surface area contributed by atoms with E-state index in [-0.39, 0.29) is 17.1 Å². The van der Waals surface area contributed by atoms with Crippen LogP contribution in [0, 0.1) is 29.1 Å². The molecule has 3 rings (SSSR count). The highest BCUT2D eigenvalue weighted by Crippen LogP contribution is 2.55. The summed E-state index contributed by atoms with van der Waals surface area (Å²) in [6.07, 6.45) is 5.45. The summed E-state index contributed by atoms with van der Waals surface area (Å²) in [6, 6.07) is 0. The Morgan fingerprint density at radius 1 is 1.18 bits per heavy atom. The number of Topliss-reactive ketones (excluding diaryl/α,β-unsaturated/α-hetero) is 2. The first-order valence-corrected chi connectivity index (χ1v) is 8.68. The maximum atomic E-state index is 12.8. The van der Waals surface area contributed by atoms with Crippen LogP contribution >= 0.6 is 0 Å². The molecule has 3 aliphatic carbocycles. The van der Waals surface area contributed by atoms with E-state index in [0.29, 0.717) is 30.0 Å². The van der Waals surface area contributed by atoms with E-state index in [2.05, 4.69) is 33.8 Å². The van der Waals surface area contributed by atoms with Crippen molar-refractivity contribution >= 4 is 11.6 Å². The smallest absolute Gasteiger partial charge is 0.159 e. The molecule has 0 amide bonds. The average Bonchev–Trinajstić information content (AvgIpc) is 2.85. The second-order valence-electron chi connectivity index (χ2n) is 8.25. The lowest BCUT2D eigenvalue weighted by Gasteiger charge is -2.37. The van der Waals surface area contributed by atoms with Gasteiger partial charge in [0.05, 0.1) is 0 Å². The summed E-state index contributed by atoms with van der Waals surface area (Å²) in [5, 5.41) is 0. The first kappa shape index (κ1) is 15.7. The topological polar surface area (TPSA) is 34.1 Å². The third-order valence-corrected chi connectivity index (χ3v) is 6.76. The van der Waals surface area contributed by atoms with Crippen LogP contribution in [-0.2, 0) is 9.59 Å². The molecule has 0 radical (unpaired) electrons. The number of rotatable bonds is 1. The van der Waals surface area contributed by atoms with Crippen molar-refractivity contribution < 1.29 is 9.59 Å². The van der Waals surface area contributed by atoms with Crippen molar-refractivity contribution in [2.75, 3.05) is 0 Å². The zero-order valence-electron chi connectivity index (χ0n) is 14.5. The Hall–Kier alpha value is -1.18. The summed E-state index contributed by atoms with van der Waals surface area (Å²) in [6.45, 7) is 10.8. The summed E-state index contributed by atoms with van der Waals surface area (Å²) in [5.74, 6) is 2.40. The fourth-order valence-corrected chi connectivity index (χ4v) is 5.08. The minimum Gasteiger partial charge on any atom is -0.299 e. The molecular weight excluding hydrogens is 272 g/mol. The van der Waals surface area contributed by atoms with Crippen LogP contribution in [0.5, 0.6) is 0 Å². The zero-order chi connectivity index (χ0) is 16.2. The van der Waals surface area contributed by atoms with Crippen molar-refractivity contribution in [3.05, 3.63) is 22.8 Å². The highest BCUT2D eigenvalue weighted by atomic mass is 16.1. The maximum absolute atomic E-state index is 12.8. The minimum absolute atomic E-state index is 0.260. The third kappa shape index (κ3) is 2.14. The van der Waals surface area contributed by atoms with Crippen LogP contribution in [0.1, 0.15) is 60.3 Å². The number of allylic oxidation sites excluding steroid dienone is 4. The number of carbonyl (C=O) groups is 2. The van der Waals surface area contributed by atoms with Crippen LogP contribution in [0.4, 0.5) is 0 Å². The molecule has 0 aliphatic heterocycles. The first-order chi connectivity index (χ1) is 10.3. The molecule has 0 N–H and O–H groups in total. The van der Waals surface area contributed by atoms with Crippen LogP contribution in [-0.4, -0.2) is 11.6 Å². The Morgan fingerprint density at radius 3 is 2.50 bits per heavy atom. The van der Waals surface area contributed by atoms with E-state index in [9.17, 15) is 9.59 Å². The van der Waals surface area contributed by atoms with Crippen LogP contribution in [0.25, 0.3) is 0 Å². The van der Waals surface area contributed by atoms with Crippen LogP contribution in [0.3, 0.4) is 0 Å². The van der Waals surface area contributed by atoms with Crippen molar-refractivity contribution in [3.63, 3.8) is 0 Å². The predicted octanol–water partition coefficient (Wildman–Crippen LogP) is 4.50. The van der Waals surface area contributed by atoms with Gasteiger partial charge in [-0.2, -0.15) is 0 Å². The molecule has 3 aliphatic rings. The number of carbonyl (C=O) groups excluding carboxylic acids is 2. The molecular formula is C20H28O2. The normalized spacial score (nSPS) is 41.2. The van der Waals surface area contributed by atoms with E-state index in [1.165, 1.54) is 11.1 Å². The highest BCUT2D eigenvalue weighted by molar-refractivity contribution is 5.99. The molecule has 4 atom stereocenters. The van der Waals surface area contributed by atoms with Crippen molar-refractivity contribution in [2.45, 2.75) is 60.3 Å². The Balaban J connectivity index is 2.08. The lowest BCUT2D eigenvalue weighted by Crippen LogP contribution is -2.33. The van der Waals surface area contributed by atoms with E-state index in [1.807, 2.05) is 6.92 Å². The Morgan fingerprint density at radius 2 is 1.86 bits per heavy atom. The molecule has 120 valence electrons. The van der Waals surface area contributed by atoms with E-state index in [1.54, 1.807) is 0 Å². The average molecular weight is 300 g/mol. The molecule has 1 fully saturated rings. The maximum Gasteiger partial charge on any atom is 0.159 e. The summed E-state index contributed by atoms with van der Waals surface area (Å²) in [7, 11) is 0. The fraction of sp³-hybridized carbons (Fsp3) is 0.700. The van der Waals surface area contributed by atoms with E-state index < -0.39 is 0 Å². The summed E-state index contributed by atoms with van der Waals surface area (Å²) in [5.41, 5.74) is 3.25. The van der Waals surface area contributed by atoms with Crippen LogP contribution in [0.2, 0.25) is 0 Å². The standard InChI is InChI=1S/C20H28O2/c1-11(2)14-9-19(22)20(5)10-16-13(4)18(21)8-15(16)12(3)6-7-17(14)20/h6,11,14-15,17H,7-10H2,1-5H3/b12-6-/t14-,15-,17+,20-/m0/s1. The Labute approximate surface area is 134 Å². The lowest BCUT2D eigenvalue weighted by atomic mass is 9.66. The molecule has 0 aromatic carbocycles. The van der Waals surface area contributed by atoms with Gasteiger partial charge in [-0.05, 0) is 50.0 Å². The molecule has 1 saturated carbocycles. The molecule has 0 unspecified atom stereocenters. The molecule has 0 spiro atoms. The second kappa shape index (κ2) is 5.18. The van der Waals surface area contributed by atoms with Gasteiger partial charge in [-0.25, -0.2) is 0 Å². The highest BCUT2D eigenvalue weighted by Gasteiger charge is 2.53. The summed E-state index contributed by atoms with van der Waals surface area (Å²) in [4.78, 5) is 25.0. The molecule has 0 bridgehead atoms. The van der Waals surface area contributed by atoms with Gasteiger partial charge >= 0.3 is 0 Å². The van der Waals surface area contributed by atoms with Gasteiger partial charge in [-0.15, -0.1) is 0 Å². The molecule has 2 nitrogen and oxygen atoms in total. The minimum atomic E-state index is -0.272. The number of fused-ring (bicyclic) bond motifs is 2. The van der Waals surface area contributed by atoms with Crippen molar-refractivity contribution in [2.24, 2.45) is 29.1 Å². The van der Waals surface area contributed by atoms with Gasteiger partial charge in [-0.1, -0.05) is 38.0 Å². The van der Waals surface area contributed by atoms with Gasteiger partial charge in [0.25, 0.3) is 0 Å². The second-order valence-corrected chi connectivity index (χ2v) is 8.25. The molecule has 0 saturated heterocycles. The number of ketones is 2. The summed E-state index contributed by atoms with van der Waals surface area (Å²) >= 11 is 0. The molecule has 2 heteroatoms. The quantitative estimate of drug-likeness (QED) is 0.668. The fourth-order valence-electron chi connectivity index (χ4n) is 5.08. The Kier molecular flexibility index (Phi) is 3.70. The van der Waals surface area contributed by atoms with Gasteiger partial charge < -0.3 is 0 Å².